The molecule has 3 aromatic rings. The van der Waals surface area contributed by atoms with E-state index in [0.717, 1.165) is 22.4 Å². The molecule has 0 unspecified atom stereocenters. The van der Waals surface area contributed by atoms with Gasteiger partial charge >= 0.3 is 0 Å². The number of amides is 1. The third kappa shape index (κ3) is 2.92. The molecule has 0 aliphatic carbocycles. The predicted octanol–water partition coefficient (Wildman–Crippen LogP) is 3.26. The van der Waals surface area contributed by atoms with Gasteiger partial charge in [0.25, 0.3) is 11.6 Å². The third-order valence-corrected chi connectivity index (χ3v) is 4.40. The average molecular weight is 370 g/mol. The Bertz CT molecular complexity index is 1080. The number of nitrogens with zero attached hydrogens (tertiary/aromatic N) is 4. The Morgan fingerprint density at radius 1 is 1.15 bits per heavy atom. The van der Waals surface area contributed by atoms with Gasteiger partial charge in [-0.1, -0.05) is 0 Å². The molecule has 1 amide bonds. The van der Waals surface area contributed by atoms with Crippen LogP contribution in [-0.2, 0) is 6.42 Å². The van der Waals surface area contributed by atoms with Crippen molar-refractivity contribution in [2.45, 2.75) is 6.42 Å². The van der Waals surface area contributed by atoms with Crippen molar-refractivity contribution in [3.8, 4) is 5.69 Å². The Hall–Kier alpha value is -3.62. The average Bonchev–Trinajstić information content (AvgIpc) is 3.27. The number of fused-ring (bicyclic) bond motifs is 1. The number of anilines is 1. The summed E-state index contributed by atoms with van der Waals surface area (Å²) in [5, 5.41) is 14.9. The number of hydrogen-bond donors (Lipinski definition) is 0. The summed E-state index contributed by atoms with van der Waals surface area (Å²) in [6, 6.07) is 7.42. The summed E-state index contributed by atoms with van der Waals surface area (Å²) in [7, 11) is 0. The van der Waals surface area contributed by atoms with Gasteiger partial charge < -0.3 is 4.90 Å². The van der Waals surface area contributed by atoms with Crippen LogP contribution in [0.3, 0.4) is 0 Å². The van der Waals surface area contributed by atoms with E-state index in [1.165, 1.54) is 35.5 Å². The van der Waals surface area contributed by atoms with Crippen LogP contribution in [0.25, 0.3) is 5.69 Å². The minimum atomic E-state index is -0.795. The van der Waals surface area contributed by atoms with Gasteiger partial charge in [-0.2, -0.15) is 5.10 Å². The highest BCUT2D eigenvalue weighted by molar-refractivity contribution is 6.07. The van der Waals surface area contributed by atoms with Gasteiger partial charge in [-0.05, 0) is 30.2 Å². The van der Waals surface area contributed by atoms with Gasteiger partial charge in [0.15, 0.2) is 5.82 Å². The molecule has 2 heterocycles. The standard InChI is InChI=1S/C18H12F2N4O3/c19-13-1-3-17(15(20)8-13)23-10-12(9-21-23)18(25)22-6-5-11-7-14(24(26)27)2-4-16(11)22/h1-4,7-10H,5-6H2. The van der Waals surface area contributed by atoms with Gasteiger partial charge in [0.1, 0.15) is 11.5 Å². The predicted molar refractivity (Wildman–Crippen MR) is 92.0 cm³/mol. The van der Waals surface area contributed by atoms with Crippen molar-refractivity contribution < 1.29 is 18.5 Å². The van der Waals surface area contributed by atoms with Crippen LogP contribution in [0.4, 0.5) is 20.2 Å². The Morgan fingerprint density at radius 3 is 2.67 bits per heavy atom. The summed E-state index contributed by atoms with van der Waals surface area (Å²) in [4.78, 5) is 24.7. The summed E-state index contributed by atoms with van der Waals surface area (Å²) in [6.07, 6.45) is 3.17. The highest BCUT2D eigenvalue weighted by Gasteiger charge is 2.28. The lowest BCUT2D eigenvalue weighted by atomic mass is 10.1. The molecule has 7 nitrogen and oxygen atoms in total. The summed E-state index contributed by atoms with van der Waals surface area (Å²) < 4.78 is 28.1. The van der Waals surface area contributed by atoms with E-state index in [1.807, 2.05) is 0 Å². The highest BCUT2D eigenvalue weighted by Crippen LogP contribution is 2.32. The Labute approximate surface area is 151 Å². The van der Waals surface area contributed by atoms with Crippen LogP contribution in [0.1, 0.15) is 15.9 Å². The van der Waals surface area contributed by atoms with E-state index in [9.17, 15) is 23.7 Å². The maximum Gasteiger partial charge on any atom is 0.269 e. The number of nitro benzene ring substituents is 1. The van der Waals surface area contributed by atoms with Crippen molar-refractivity contribution in [3.05, 3.63) is 81.7 Å². The molecular weight excluding hydrogens is 358 g/mol. The molecule has 27 heavy (non-hydrogen) atoms. The van der Waals surface area contributed by atoms with E-state index >= 15 is 0 Å². The van der Waals surface area contributed by atoms with Crippen LogP contribution >= 0.6 is 0 Å². The van der Waals surface area contributed by atoms with Gasteiger partial charge in [-0.25, -0.2) is 13.5 Å². The minimum Gasteiger partial charge on any atom is -0.308 e. The summed E-state index contributed by atoms with van der Waals surface area (Å²) in [5.41, 5.74) is 1.54. The molecule has 1 aliphatic heterocycles. The largest absolute Gasteiger partial charge is 0.308 e. The first-order valence-corrected chi connectivity index (χ1v) is 8.03. The number of halogens is 2. The lowest BCUT2D eigenvalue weighted by Gasteiger charge is -2.16. The lowest BCUT2D eigenvalue weighted by Crippen LogP contribution is -2.28. The number of carbonyl (C=O) groups excluding carboxylic acids is 1. The van der Waals surface area contributed by atoms with E-state index in [1.54, 1.807) is 6.07 Å². The monoisotopic (exact) mass is 370 g/mol. The smallest absolute Gasteiger partial charge is 0.269 e. The number of hydrogen-bond acceptors (Lipinski definition) is 4. The summed E-state index contributed by atoms with van der Waals surface area (Å²) >= 11 is 0. The zero-order valence-corrected chi connectivity index (χ0v) is 13.8. The molecule has 0 radical (unpaired) electrons. The van der Waals surface area contributed by atoms with Gasteiger partial charge in [0.05, 0.1) is 16.7 Å². The Morgan fingerprint density at radius 2 is 1.93 bits per heavy atom. The second-order valence-corrected chi connectivity index (χ2v) is 6.05. The Kier molecular flexibility index (Phi) is 3.91. The molecule has 2 aromatic carbocycles. The molecule has 0 atom stereocenters. The third-order valence-electron chi connectivity index (χ3n) is 4.40. The maximum absolute atomic E-state index is 13.9. The fourth-order valence-electron chi connectivity index (χ4n) is 3.10. The molecule has 0 fully saturated rings. The van der Waals surface area contributed by atoms with Crippen LogP contribution in [0.5, 0.6) is 0 Å². The number of non-ortho nitro benzene ring substituents is 1. The topological polar surface area (TPSA) is 81.3 Å². The van der Waals surface area contributed by atoms with Crippen molar-refractivity contribution >= 4 is 17.3 Å². The highest BCUT2D eigenvalue weighted by atomic mass is 19.1. The molecule has 1 aromatic heterocycles. The van der Waals surface area contributed by atoms with Crippen molar-refractivity contribution in [2.24, 2.45) is 0 Å². The number of benzene rings is 2. The van der Waals surface area contributed by atoms with Gasteiger partial charge in [-0.15, -0.1) is 0 Å². The van der Waals surface area contributed by atoms with Crippen molar-refractivity contribution in [3.63, 3.8) is 0 Å². The zero-order valence-electron chi connectivity index (χ0n) is 13.8. The Balaban J connectivity index is 1.62. The molecule has 0 N–H and O–H groups in total. The quantitative estimate of drug-likeness (QED) is 0.523. The van der Waals surface area contributed by atoms with Crippen LogP contribution in [0, 0.1) is 21.7 Å². The second-order valence-electron chi connectivity index (χ2n) is 6.05. The minimum absolute atomic E-state index is 0.0212. The molecule has 9 heteroatoms. The molecular formula is C18H12F2N4O3. The van der Waals surface area contributed by atoms with Crippen LogP contribution in [0.15, 0.2) is 48.8 Å². The van der Waals surface area contributed by atoms with E-state index in [-0.39, 0.29) is 22.8 Å². The molecule has 0 saturated carbocycles. The van der Waals surface area contributed by atoms with E-state index < -0.39 is 16.6 Å². The van der Waals surface area contributed by atoms with E-state index in [0.29, 0.717) is 18.7 Å². The zero-order chi connectivity index (χ0) is 19.1. The van der Waals surface area contributed by atoms with Gasteiger partial charge in [0, 0.05) is 36.6 Å². The normalized spacial score (nSPS) is 12.9. The van der Waals surface area contributed by atoms with Crippen LogP contribution in [-0.4, -0.2) is 27.2 Å². The maximum atomic E-state index is 13.9. The molecule has 1 aliphatic rings. The van der Waals surface area contributed by atoms with Crippen molar-refractivity contribution in [2.75, 3.05) is 11.4 Å². The fourth-order valence-corrected chi connectivity index (χ4v) is 3.10. The molecule has 136 valence electrons. The first-order valence-electron chi connectivity index (χ1n) is 8.03. The van der Waals surface area contributed by atoms with Crippen molar-refractivity contribution in [1.82, 2.24) is 9.78 Å². The van der Waals surface area contributed by atoms with Gasteiger partial charge in [-0.3, -0.25) is 14.9 Å². The lowest BCUT2D eigenvalue weighted by molar-refractivity contribution is -0.384. The number of rotatable bonds is 3. The number of nitro groups is 1. The molecule has 0 spiro atoms. The SMILES string of the molecule is O=C(c1cnn(-c2ccc(F)cc2F)c1)N1CCc2cc([N+](=O)[O-])ccc21. The first kappa shape index (κ1) is 16.8. The van der Waals surface area contributed by atoms with Crippen LogP contribution in [0.2, 0.25) is 0 Å². The van der Waals surface area contributed by atoms with Gasteiger partial charge in [0.2, 0.25) is 0 Å². The van der Waals surface area contributed by atoms with Crippen molar-refractivity contribution in [1.29, 1.82) is 0 Å². The molecule has 4 rings (SSSR count). The van der Waals surface area contributed by atoms with E-state index in [4.69, 9.17) is 0 Å². The summed E-state index contributed by atoms with van der Waals surface area (Å²) in [5.74, 6) is -1.85. The number of carbonyl (C=O) groups is 1. The fraction of sp³-hybridized carbons (Fsp3) is 0.111. The first-order chi connectivity index (χ1) is 12.9. The number of aromatic nitrogens is 2. The van der Waals surface area contributed by atoms with Crippen LogP contribution < -0.4 is 4.90 Å². The van der Waals surface area contributed by atoms with E-state index in [2.05, 4.69) is 5.10 Å². The molecule has 0 bridgehead atoms. The second kappa shape index (κ2) is 6.27. The molecule has 0 saturated heterocycles. The summed E-state index contributed by atoms with van der Waals surface area (Å²) in [6.45, 7) is 0.380.